The SMILES string of the molecule is COc1ccc(C(OC[C@H]2O[C@H](n3cnc4c(NC(=O)c5ccccc5)nccc43)C[C@@H]2OP(OCCC#N)N(C(C)C)C(C)C)(c2ccccc2)c2ccc(OC)cc2)cc1. The van der Waals surface area contributed by atoms with Gasteiger partial charge in [0.2, 0.25) is 0 Å². The van der Waals surface area contributed by atoms with Crippen molar-refractivity contribution in [3.8, 4) is 17.6 Å². The first-order valence-electron chi connectivity index (χ1n) is 20.7. The molecule has 4 atom stereocenters. The number of fused-ring (bicyclic) bond motifs is 1. The summed E-state index contributed by atoms with van der Waals surface area (Å²) in [6.07, 6.45) is 2.32. The molecule has 1 saturated heterocycles. The molecular formula is C48H53N6O7P. The van der Waals surface area contributed by atoms with Gasteiger partial charge in [0.05, 0.1) is 57.9 Å². The average Bonchev–Trinajstić information content (AvgIpc) is 3.92. The molecule has 3 heterocycles. The second-order valence-corrected chi connectivity index (χ2v) is 16.8. The Labute approximate surface area is 364 Å². The number of nitrogens with zero attached hydrogens (tertiary/aromatic N) is 5. The van der Waals surface area contributed by atoms with Crippen LogP contribution in [0.5, 0.6) is 11.5 Å². The quantitative estimate of drug-likeness (QED) is 0.0473. The van der Waals surface area contributed by atoms with E-state index in [0.717, 1.165) is 33.7 Å². The smallest absolute Gasteiger partial charge is 0.259 e. The molecule has 1 N–H and O–H groups in total. The van der Waals surface area contributed by atoms with Gasteiger partial charge in [-0.05, 0) is 86.8 Å². The van der Waals surface area contributed by atoms with E-state index in [9.17, 15) is 10.1 Å². The topological polar surface area (TPSA) is 142 Å². The minimum absolute atomic E-state index is 0.0847. The number of hydrogen-bond acceptors (Lipinski definition) is 11. The van der Waals surface area contributed by atoms with Crippen LogP contribution in [0.3, 0.4) is 0 Å². The number of hydrogen-bond donors (Lipinski definition) is 1. The molecule has 0 bridgehead atoms. The van der Waals surface area contributed by atoms with Gasteiger partial charge in [0.1, 0.15) is 34.9 Å². The molecule has 0 spiro atoms. The lowest BCUT2D eigenvalue weighted by molar-refractivity contribution is -0.0911. The van der Waals surface area contributed by atoms with Crippen LogP contribution in [-0.4, -0.2) is 76.8 Å². The first-order chi connectivity index (χ1) is 30.2. The summed E-state index contributed by atoms with van der Waals surface area (Å²) in [7, 11) is 1.65. The predicted molar refractivity (Wildman–Crippen MR) is 239 cm³/mol. The maximum atomic E-state index is 13.2. The lowest BCUT2D eigenvalue weighted by Gasteiger charge is -2.39. The molecule has 0 radical (unpaired) electrons. The van der Waals surface area contributed by atoms with Crippen LogP contribution in [0.1, 0.15) is 73.8 Å². The molecule has 0 aliphatic carbocycles. The van der Waals surface area contributed by atoms with E-state index in [2.05, 4.69) is 60.9 Å². The van der Waals surface area contributed by atoms with Gasteiger partial charge in [-0.3, -0.25) is 4.79 Å². The molecule has 2 aromatic heterocycles. The fourth-order valence-corrected chi connectivity index (χ4v) is 9.63. The van der Waals surface area contributed by atoms with Crippen LogP contribution in [0.15, 0.2) is 128 Å². The Morgan fingerprint density at radius 3 is 2.05 bits per heavy atom. The maximum absolute atomic E-state index is 13.2. The number of amides is 1. The molecule has 1 aliphatic heterocycles. The van der Waals surface area contributed by atoms with E-state index >= 15 is 0 Å². The van der Waals surface area contributed by atoms with E-state index in [0.29, 0.717) is 23.3 Å². The van der Waals surface area contributed by atoms with Crippen LogP contribution in [0.2, 0.25) is 0 Å². The van der Waals surface area contributed by atoms with E-state index in [1.165, 1.54) is 0 Å². The number of carbonyl (C=O) groups excluding carboxylic acids is 1. The number of nitrogens with one attached hydrogen (secondary N) is 1. The molecule has 1 amide bonds. The molecule has 6 aromatic rings. The van der Waals surface area contributed by atoms with E-state index in [1.807, 2.05) is 95.6 Å². The molecule has 1 aliphatic rings. The van der Waals surface area contributed by atoms with Crippen molar-refractivity contribution in [2.75, 3.05) is 32.8 Å². The van der Waals surface area contributed by atoms with Gasteiger partial charge in [-0.15, -0.1) is 0 Å². The largest absolute Gasteiger partial charge is 0.497 e. The lowest BCUT2D eigenvalue weighted by atomic mass is 9.80. The van der Waals surface area contributed by atoms with Crippen molar-refractivity contribution in [3.63, 3.8) is 0 Å². The third-order valence-electron chi connectivity index (χ3n) is 10.8. The van der Waals surface area contributed by atoms with Gasteiger partial charge in [0, 0.05) is 30.3 Å². The summed E-state index contributed by atoms with van der Waals surface area (Å²) in [5, 5.41) is 12.4. The summed E-state index contributed by atoms with van der Waals surface area (Å²) in [6.45, 7) is 8.76. The minimum atomic E-state index is -1.65. The summed E-state index contributed by atoms with van der Waals surface area (Å²) in [5.74, 6) is 1.49. The van der Waals surface area contributed by atoms with Gasteiger partial charge in [-0.25, -0.2) is 14.6 Å². The van der Waals surface area contributed by atoms with Crippen LogP contribution in [0.4, 0.5) is 5.82 Å². The van der Waals surface area contributed by atoms with Crippen molar-refractivity contribution in [2.24, 2.45) is 0 Å². The van der Waals surface area contributed by atoms with Gasteiger partial charge in [-0.1, -0.05) is 72.8 Å². The monoisotopic (exact) mass is 856 g/mol. The molecule has 322 valence electrons. The number of carbonyl (C=O) groups is 1. The highest BCUT2D eigenvalue weighted by Gasteiger charge is 2.45. The highest BCUT2D eigenvalue weighted by Crippen LogP contribution is 2.51. The van der Waals surface area contributed by atoms with E-state index in [4.69, 9.17) is 33.0 Å². The highest BCUT2D eigenvalue weighted by atomic mass is 31.2. The van der Waals surface area contributed by atoms with Crippen molar-refractivity contribution in [1.82, 2.24) is 19.2 Å². The summed E-state index contributed by atoms with van der Waals surface area (Å²) in [5.41, 5.74) is 3.32. The Bertz CT molecular complexity index is 2350. The van der Waals surface area contributed by atoms with Gasteiger partial charge in [0.15, 0.2) is 5.82 Å². The van der Waals surface area contributed by atoms with Gasteiger partial charge in [-0.2, -0.15) is 5.26 Å². The Morgan fingerprint density at radius 2 is 1.47 bits per heavy atom. The van der Waals surface area contributed by atoms with Crippen LogP contribution in [0, 0.1) is 11.3 Å². The van der Waals surface area contributed by atoms with Crippen LogP contribution < -0.4 is 14.8 Å². The second-order valence-electron chi connectivity index (χ2n) is 15.4. The average molecular weight is 857 g/mol. The van der Waals surface area contributed by atoms with E-state index in [-0.39, 0.29) is 37.6 Å². The van der Waals surface area contributed by atoms with Gasteiger partial charge < -0.3 is 37.9 Å². The summed E-state index contributed by atoms with van der Waals surface area (Å²) >= 11 is 0. The Kier molecular flexibility index (Phi) is 14.6. The number of benzene rings is 4. The van der Waals surface area contributed by atoms with Crippen molar-refractivity contribution in [3.05, 3.63) is 150 Å². The summed E-state index contributed by atoms with van der Waals surface area (Å²) in [6, 6.07) is 39.1. The van der Waals surface area contributed by atoms with Crippen LogP contribution >= 0.6 is 8.53 Å². The van der Waals surface area contributed by atoms with E-state index < -0.39 is 32.6 Å². The van der Waals surface area contributed by atoms with E-state index in [1.54, 1.807) is 38.9 Å². The zero-order valence-electron chi connectivity index (χ0n) is 35.9. The molecule has 14 heteroatoms. The fourth-order valence-electron chi connectivity index (χ4n) is 7.88. The molecule has 13 nitrogen and oxygen atoms in total. The highest BCUT2D eigenvalue weighted by molar-refractivity contribution is 7.44. The fraction of sp³-hybridized carbons (Fsp3) is 0.333. The zero-order chi connectivity index (χ0) is 43.6. The van der Waals surface area contributed by atoms with Crippen molar-refractivity contribution >= 4 is 31.3 Å². The van der Waals surface area contributed by atoms with Crippen molar-refractivity contribution in [2.45, 2.75) is 76.7 Å². The molecule has 1 fully saturated rings. The Balaban J connectivity index is 1.28. The Morgan fingerprint density at radius 1 is 0.871 bits per heavy atom. The van der Waals surface area contributed by atoms with Gasteiger partial charge in [0.25, 0.3) is 14.4 Å². The number of imidazole rings is 1. The van der Waals surface area contributed by atoms with Crippen molar-refractivity contribution < 1.29 is 32.8 Å². The van der Waals surface area contributed by atoms with Crippen molar-refractivity contribution in [1.29, 1.82) is 5.26 Å². The number of rotatable bonds is 19. The van der Waals surface area contributed by atoms with Crippen LogP contribution in [0.25, 0.3) is 11.0 Å². The predicted octanol–water partition coefficient (Wildman–Crippen LogP) is 9.66. The summed E-state index contributed by atoms with van der Waals surface area (Å²) < 4.78 is 43.2. The zero-order valence-corrected chi connectivity index (χ0v) is 36.8. The molecule has 1 unspecified atom stereocenters. The third-order valence-corrected chi connectivity index (χ3v) is 12.9. The summed E-state index contributed by atoms with van der Waals surface area (Å²) in [4.78, 5) is 22.4. The third kappa shape index (κ3) is 9.67. The molecule has 4 aromatic carbocycles. The standard InChI is InChI=1S/C48H53N6O7P/c1-33(2)54(34(3)4)62(59-29-13-27-49)61-42-30-44(53-32-51-45-41(53)26-28-50-46(45)52-47(55)35-14-9-7-10-15-35)60-43(42)31-58-48(36-16-11-8-12-17-36,37-18-22-39(56-5)23-19-37)38-20-24-40(57-6)25-21-38/h7-12,14-26,28,32-34,42-44H,13,29-31H2,1-6H3,(H,50,52,55)/t42-,43+,44-,62?/m0/s1. The Hall–Kier alpha value is -5.71. The second kappa shape index (κ2) is 20.4. The number of anilines is 1. The number of aromatic nitrogens is 3. The first-order valence-corrected chi connectivity index (χ1v) is 21.9. The number of nitriles is 1. The minimum Gasteiger partial charge on any atom is -0.497 e. The molecular weight excluding hydrogens is 804 g/mol. The lowest BCUT2D eigenvalue weighted by Crippen LogP contribution is -2.39. The number of methoxy groups -OCH3 is 2. The van der Waals surface area contributed by atoms with Crippen LogP contribution in [-0.2, 0) is 24.1 Å². The maximum Gasteiger partial charge on any atom is 0.259 e. The molecule has 0 saturated carbocycles. The molecule has 62 heavy (non-hydrogen) atoms. The number of pyridine rings is 1. The first kappa shape index (κ1) is 44.3. The molecule has 7 rings (SSSR count). The van der Waals surface area contributed by atoms with Gasteiger partial charge >= 0.3 is 0 Å². The normalized spacial score (nSPS) is 17.1. The number of ether oxygens (including phenoxy) is 4.